The van der Waals surface area contributed by atoms with Gasteiger partial charge in [0.2, 0.25) is 0 Å². The van der Waals surface area contributed by atoms with Crippen LogP contribution < -0.4 is 16.3 Å². The topological polar surface area (TPSA) is 102 Å². The van der Waals surface area contributed by atoms with Crippen molar-refractivity contribution >= 4 is 16.7 Å². The number of pyridine rings is 1. The Balaban J connectivity index is 2.12. The molecule has 2 aromatic heterocycles. The number of nitrogens with two attached hydrogens (primary N) is 2. The fraction of sp³-hybridized carbons (Fsp3) is 0.300. The number of fused-ring (bicyclic) bond motifs is 1. The van der Waals surface area contributed by atoms with Crippen molar-refractivity contribution in [3.05, 3.63) is 59.0 Å². The van der Waals surface area contributed by atoms with Crippen LogP contribution in [0.15, 0.2) is 41.5 Å². The molecule has 0 aliphatic heterocycles. The molecule has 6 nitrogen and oxygen atoms in total. The lowest BCUT2D eigenvalue weighted by Crippen LogP contribution is -2.18. The Bertz CT molecular complexity index is 966. The molecule has 3 aromatic rings. The molecule has 2 heterocycles. The molecule has 0 aliphatic rings. The third-order valence-electron chi connectivity index (χ3n) is 4.43. The molecule has 0 amide bonds. The normalized spacial score (nSPS) is 12.5. The van der Waals surface area contributed by atoms with E-state index >= 15 is 0 Å². The van der Waals surface area contributed by atoms with Crippen LogP contribution in [0.2, 0.25) is 0 Å². The second-order valence-corrected chi connectivity index (χ2v) is 7.35. The number of hydrazone groups is 1. The van der Waals surface area contributed by atoms with Crippen LogP contribution in [-0.4, -0.2) is 22.9 Å². The number of ether oxygens (including phenoxy) is 1. The molecule has 136 valence electrons. The van der Waals surface area contributed by atoms with Crippen LogP contribution in [0, 0.1) is 0 Å². The van der Waals surface area contributed by atoms with Crippen molar-refractivity contribution in [3.8, 4) is 5.75 Å². The molecular formula is C20H25N5O. The molecule has 0 fully saturated rings. The van der Waals surface area contributed by atoms with Crippen LogP contribution in [0.1, 0.15) is 43.4 Å². The number of amidine groups is 1. The van der Waals surface area contributed by atoms with Gasteiger partial charge in [-0.05, 0) is 29.8 Å². The first-order chi connectivity index (χ1) is 12.3. The van der Waals surface area contributed by atoms with E-state index in [0.29, 0.717) is 12.1 Å². The quantitative estimate of drug-likeness (QED) is 0.291. The highest BCUT2D eigenvalue weighted by Gasteiger charge is 2.23. The minimum absolute atomic E-state index is 0.0308. The zero-order valence-electron chi connectivity index (χ0n) is 15.6. The Morgan fingerprint density at radius 2 is 2.00 bits per heavy atom. The average Bonchev–Trinajstić information content (AvgIpc) is 2.99. The second-order valence-electron chi connectivity index (χ2n) is 7.35. The standard InChI is InChI=1S/C20H25N5O/c1-20(2,3)18-15(14-9-8-13(26-4)11-17(14)24-18)10-12-6-5-7-16(23-12)19(21)25-22/h5-9,11,24H,10,22H2,1-4H3,(H2,21,25). The Kier molecular flexibility index (Phi) is 4.59. The maximum Gasteiger partial charge on any atom is 0.168 e. The predicted molar refractivity (Wildman–Crippen MR) is 106 cm³/mol. The van der Waals surface area contributed by atoms with Gasteiger partial charge in [-0.3, -0.25) is 0 Å². The summed E-state index contributed by atoms with van der Waals surface area (Å²) in [4.78, 5) is 8.18. The molecule has 0 saturated heterocycles. The largest absolute Gasteiger partial charge is 0.497 e. The van der Waals surface area contributed by atoms with E-state index in [1.54, 1.807) is 13.2 Å². The minimum Gasteiger partial charge on any atom is -0.497 e. The zero-order valence-corrected chi connectivity index (χ0v) is 15.6. The van der Waals surface area contributed by atoms with Gasteiger partial charge in [0.1, 0.15) is 11.4 Å². The van der Waals surface area contributed by atoms with E-state index in [1.165, 1.54) is 16.6 Å². The van der Waals surface area contributed by atoms with E-state index in [9.17, 15) is 0 Å². The van der Waals surface area contributed by atoms with Gasteiger partial charge in [0.15, 0.2) is 5.84 Å². The third kappa shape index (κ3) is 3.35. The Morgan fingerprint density at radius 3 is 2.65 bits per heavy atom. The van der Waals surface area contributed by atoms with Crippen molar-refractivity contribution < 1.29 is 4.74 Å². The number of aromatic nitrogens is 2. The first-order valence-corrected chi connectivity index (χ1v) is 8.52. The second kappa shape index (κ2) is 6.71. The van der Waals surface area contributed by atoms with Crippen molar-refractivity contribution in [1.29, 1.82) is 0 Å². The molecule has 1 aromatic carbocycles. The van der Waals surface area contributed by atoms with Gasteiger partial charge in [-0.1, -0.05) is 26.8 Å². The predicted octanol–water partition coefficient (Wildman–Crippen LogP) is 3.04. The van der Waals surface area contributed by atoms with Crippen LogP contribution in [-0.2, 0) is 11.8 Å². The third-order valence-corrected chi connectivity index (χ3v) is 4.43. The van der Waals surface area contributed by atoms with Gasteiger partial charge in [0.05, 0.1) is 7.11 Å². The van der Waals surface area contributed by atoms with Crippen molar-refractivity contribution in [1.82, 2.24) is 9.97 Å². The summed E-state index contributed by atoms with van der Waals surface area (Å²) in [6, 6.07) is 11.8. The SMILES string of the molecule is COc1ccc2c(Cc3cccc(/C(N)=N/N)n3)c(C(C)(C)C)[nH]c2c1. The monoisotopic (exact) mass is 351 g/mol. The van der Waals surface area contributed by atoms with Crippen LogP contribution in [0.4, 0.5) is 0 Å². The number of nitrogens with zero attached hydrogens (tertiary/aromatic N) is 2. The maximum absolute atomic E-state index is 5.80. The van der Waals surface area contributed by atoms with E-state index in [0.717, 1.165) is 17.0 Å². The molecule has 0 radical (unpaired) electrons. The van der Waals surface area contributed by atoms with E-state index in [2.05, 4.69) is 41.9 Å². The molecule has 0 unspecified atom stereocenters. The Hall–Kier alpha value is -3.02. The number of hydrogen-bond acceptors (Lipinski definition) is 4. The number of H-pyrrole nitrogens is 1. The van der Waals surface area contributed by atoms with Crippen molar-refractivity contribution in [2.24, 2.45) is 16.7 Å². The number of aromatic amines is 1. The van der Waals surface area contributed by atoms with Crippen molar-refractivity contribution in [3.63, 3.8) is 0 Å². The molecule has 3 rings (SSSR count). The molecule has 0 atom stereocenters. The summed E-state index contributed by atoms with van der Waals surface area (Å²) in [5, 5.41) is 4.70. The van der Waals surface area contributed by atoms with E-state index in [-0.39, 0.29) is 11.3 Å². The molecule has 5 N–H and O–H groups in total. The van der Waals surface area contributed by atoms with Crippen molar-refractivity contribution in [2.75, 3.05) is 7.11 Å². The lowest BCUT2D eigenvalue weighted by atomic mass is 9.87. The number of rotatable bonds is 4. The van der Waals surface area contributed by atoms with Gasteiger partial charge in [-0.2, -0.15) is 5.10 Å². The van der Waals surface area contributed by atoms with Crippen LogP contribution in [0.3, 0.4) is 0 Å². The summed E-state index contributed by atoms with van der Waals surface area (Å²) in [7, 11) is 1.68. The molecular weight excluding hydrogens is 326 g/mol. The van der Waals surface area contributed by atoms with Crippen LogP contribution >= 0.6 is 0 Å². The Morgan fingerprint density at radius 1 is 1.23 bits per heavy atom. The summed E-state index contributed by atoms with van der Waals surface area (Å²) >= 11 is 0. The van der Waals surface area contributed by atoms with Gasteiger partial charge < -0.3 is 21.3 Å². The highest BCUT2D eigenvalue weighted by atomic mass is 16.5. The summed E-state index contributed by atoms with van der Waals surface area (Å²) in [5.41, 5.74) is 10.7. The lowest BCUT2D eigenvalue weighted by molar-refractivity contribution is 0.415. The summed E-state index contributed by atoms with van der Waals surface area (Å²) in [6.45, 7) is 6.59. The maximum atomic E-state index is 5.80. The van der Waals surface area contributed by atoms with E-state index < -0.39 is 0 Å². The van der Waals surface area contributed by atoms with E-state index in [4.69, 9.17) is 16.3 Å². The number of methoxy groups -OCH3 is 1. The lowest BCUT2D eigenvalue weighted by Gasteiger charge is -2.19. The summed E-state index contributed by atoms with van der Waals surface area (Å²) < 4.78 is 5.36. The van der Waals surface area contributed by atoms with Gasteiger partial charge in [-0.25, -0.2) is 4.98 Å². The highest BCUT2D eigenvalue weighted by Crippen LogP contribution is 2.34. The average molecular weight is 351 g/mol. The van der Waals surface area contributed by atoms with Crippen LogP contribution in [0.5, 0.6) is 5.75 Å². The Labute approximate surface area is 153 Å². The molecule has 26 heavy (non-hydrogen) atoms. The fourth-order valence-electron chi connectivity index (χ4n) is 3.15. The molecule has 0 saturated carbocycles. The first-order valence-electron chi connectivity index (χ1n) is 8.52. The highest BCUT2D eigenvalue weighted by molar-refractivity contribution is 5.95. The zero-order chi connectivity index (χ0) is 18.9. The first kappa shape index (κ1) is 17.8. The van der Waals surface area contributed by atoms with Crippen molar-refractivity contribution in [2.45, 2.75) is 32.6 Å². The number of nitrogens with one attached hydrogen (secondary N) is 1. The molecule has 0 aliphatic carbocycles. The van der Waals surface area contributed by atoms with Gasteiger partial charge in [0, 0.05) is 40.2 Å². The molecule has 0 spiro atoms. The summed E-state index contributed by atoms with van der Waals surface area (Å²) in [6.07, 6.45) is 0.685. The van der Waals surface area contributed by atoms with Gasteiger partial charge in [0.25, 0.3) is 0 Å². The molecule has 6 heteroatoms. The minimum atomic E-state index is -0.0308. The van der Waals surface area contributed by atoms with E-state index in [1.807, 2.05) is 24.3 Å². The van der Waals surface area contributed by atoms with Gasteiger partial charge in [-0.15, -0.1) is 0 Å². The fourth-order valence-corrected chi connectivity index (χ4v) is 3.15. The number of benzene rings is 1. The number of hydrogen-bond donors (Lipinski definition) is 3. The smallest absolute Gasteiger partial charge is 0.168 e. The summed E-state index contributed by atoms with van der Waals surface area (Å²) in [5.74, 6) is 6.34. The van der Waals surface area contributed by atoms with Crippen LogP contribution in [0.25, 0.3) is 10.9 Å². The van der Waals surface area contributed by atoms with Gasteiger partial charge >= 0.3 is 0 Å². The molecule has 0 bridgehead atoms.